The van der Waals surface area contributed by atoms with Crippen molar-refractivity contribution in [1.29, 1.82) is 0 Å². The maximum absolute atomic E-state index is 11.7. The number of hydrogen-bond acceptors (Lipinski definition) is 2. The molecule has 1 aromatic rings. The molecule has 0 N–H and O–H groups in total. The molecule has 0 fully saturated rings. The highest BCUT2D eigenvalue weighted by molar-refractivity contribution is 5.89. The molecule has 0 heterocycles. The first-order valence-corrected chi connectivity index (χ1v) is 10.8. The summed E-state index contributed by atoms with van der Waals surface area (Å²) in [6.45, 7) is 2.27. The zero-order chi connectivity index (χ0) is 18.7. The Labute approximate surface area is 161 Å². The van der Waals surface area contributed by atoms with Crippen molar-refractivity contribution in [3.63, 3.8) is 0 Å². The van der Waals surface area contributed by atoms with E-state index in [4.69, 9.17) is 4.74 Å². The zero-order valence-electron chi connectivity index (χ0n) is 16.8. The van der Waals surface area contributed by atoms with Gasteiger partial charge in [-0.2, -0.15) is 0 Å². The summed E-state index contributed by atoms with van der Waals surface area (Å²) in [4.78, 5) is 11.7. The zero-order valence-corrected chi connectivity index (χ0v) is 16.8. The standard InChI is InChI=1S/C24H38O2/c1-2-3-4-5-6-7-8-9-10-11-12-13-14-15-19-22-26-24(25)23-20-17-16-18-21-23/h16-22H,2-15H2,1H3/b22-19+. The summed E-state index contributed by atoms with van der Waals surface area (Å²) >= 11 is 0. The van der Waals surface area contributed by atoms with Gasteiger partial charge in [0.25, 0.3) is 0 Å². The van der Waals surface area contributed by atoms with Crippen molar-refractivity contribution in [3.05, 3.63) is 48.2 Å². The smallest absolute Gasteiger partial charge is 0.342 e. The van der Waals surface area contributed by atoms with Crippen LogP contribution in [-0.2, 0) is 4.74 Å². The van der Waals surface area contributed by atoms with Crippen molar-refractivity contribution in [2.75, 3.05) is 0 Å². The highest BCUT2D eigenvalue weighted by Crippen LogP contribution is 2.13. The van der Waals surface area contributed by atoms with Gasteiger partial charge < -0.3 is 4.74 Å². The van der Waals surface area contributed by atoms with E-state index in [9.17, 15) is 4.79 Å². The highest BCUT2D eigenvalue weighted by atomic mass is 16.5. The van der Waals surface area contributed by atoms with Crippen LogP contribution >= 0.6 is 0 Å². The first-order valence-electron chi connectivity index (χ1n) is 10.8. The maximum Gasteiger partial charge on any atom is 0.342 e. The molecule has 0 unspecified atom stereocenters. The molecule has 1 rings (SSSR count). The molecular formula is C24H38O2. The van der Waals surface area contributed by atoms with Crippen molar-refractivity contribution in [2.24, 2.45) is 0 Å². The number of rotatable bonds is 16. The summed E-state index contributed by atoms with van der Waals surface area (Å²) in [5.41, 5.74) is 0.595. The molecule has 26 heavy (non-hydrogen) atoms. The van der Waals surface area contributed by atoms with E-state index in [1.54, 1.807) is 12.1 Å². The lowest BCUT2D eigenvalue weighted by atomic mass is 10.0. The van der Waals surface area contributed by atoms with Gasteiger partial charge in [-0.25, -0.2) is 4.79 Å². The molecule has 0 saturated carbocycles. The van der Waals surface area contributed by atoms with Crippen LogP contribution in [0.2, 0.25) is 0 Å². The van der Waals surface area contributed by atoms with Gasteiger partial charge >= 0.3 is 5.97 Å². The van der Waals surface area contributed by atoms with Gasteiger partial charge in [0.15, 0.2) is 0 Å². The molecule has 0 aliphatic carbocycles. The van der Waals surface area contributed by atoms with Crippen molar-refractivity contribution < 1.29 is 9.53 Å². The fourth-order valence-electron chi connectivity index (χ4n) is 3.10. The van der Waals surface area contributed by atoms with Crippen molar-refractivity contribution in [3.8, 4) is 0 Å². The van der Waals surface area contributed by atoms with Crippen molar-refractivity contribution in [2.45, 2.75) is 96.8 Å². The van der Waals surface area contributed by atoms with Crippen LogP contribution in [0, 0.1) is 0 Å². The summed E-state index contributed by atoms with van der Waals surface area (Å²) < 4.78 is 5.12. The molecule has 0 radical (unpaired) electrons. The van der Waals surface area contributed by atoms with E-state index < -0.39 is 0 Å². The summed E-state index contributed by atoms with van der Waals surface area (Å²) in [5, 5.41) is 0. The van der Waals surface area contributed by atoms with Crippen molar-refractivity contribution in [1.82, 2.24) is 0 Å². The van der Waals surface area contributed by atoms with Crippen LogP contribution in [0.1, 0.15) is 107 Å². The Morgan fingerprint density at radius 2 is 1.27 bits per heavy atom. The molecule has 2 heteroatoms. The van der Waals surface area contributed by atoms with E-state index in [2.05, 4.69) is 6.92 Å². The van der Waals surface area contributed by atoms with E-state index in [1.165, 1.54) is 89.7 Å². The first kappa shape index (κ1) is 22.5. The predicted octanol–water partition coefficient (Wildman–Crippen LogP) is 7.84. The van der Waals surface area contributed by atoms with Gasteiger partial charge in [-0.15, -0.1) is 0 Å². The third kappa shape index (κ3) is 12.7. The number of unbranched alkanes of at least 4 members (excludes halogenated alkanes) is 13. The fourth-order valence-corrected chi connectivity index (χ4v) is 3.10. The fraction of sp³-hybridized carbons (Fsp3) is 0.625. The molecule has 0 atom stereocenters. The second-order valence-corrected chi connectivity index (χ2v) is 7.17. The molecule has 0 saturated heterocycles. The van der Waals surface area contributed by atoms with E-state index in [0.29, 0.717) is 5.56 Å². The predicted molar refractivity (Wildman–Crippen MR) is 111 cm³/mol. The monoisotopic (exact) mass is 358 g/mol. The molecule has 0 amide bonds. The Morgan fingerprint density at radius 3 is 1.81 bits per heavy atom. The number of benzene rings is 1. The molecule has 0 spiro atoms. The van der Waals surface area contributed by atoms with Crippen LogP contribution in [0.25, 0.3) is 0 Å². The number of carbonyl (C=O) groups excluding carboxylic acids is 1. The molecule has 0 aromatic heterocycles. The van der Waals surface area contributed by atoms with Gasteiger partial charge in [0.1, 0.15) is 0 Å². The summed E-state index contributed by atoms with van der Waals surface area (Å²) in [7, 11) is 0. The lowest BCUT2D eigenvalue weighted by molar-refractivity contribution is 0.0662. The Bertz CT molecular complexity index is 464. The van der Waals surface area contributed by atoms with Crippen LogP contribution in [0.15, 0.2) is 42.7 Å². The van der Waals surface area contributed by atoms with Crippen LogP contribution in [0.4, 0.5) is 0 Å². The van der Waals surface area contributed by atoms with Gasteiger partial charge in [0.05, 0.1) is 11.8 Å². The first-order chi connectivity index (χ1) is 12.8. The second-order valence-electron chi connectivity index (χ2n) is 7.17. The van der Waals surface area contributed by atoms with Crippen LogP contribution in [0.3, 0.4) is 0 Å². The second kappa shape index (κ2) is 16.9. The molecule has 0 bridgehead atoms. The number of esters is 1. The Morgan fingerprint density at radius 1 is 0.769 bits per heavy atom. The minimum Gasteiger partial charge on any atom is -0.431 e. The summed E-state index contributed by atoms with van der Waals surface area (Å²) in [5.74, 6) is -0.285. The van der Waals surface area contributed by atoms with Crippen LogP contribution < -0.4 is 0 Å². The maximum atomic E-state index is 11.7. The molecule has 1 aromatic carbocycles. The van der Waals surface area contributed by atoms with Gasteiger partial charge in [0, 0.05) is 0 Å². The lowest BCUT2D eigenvalue weighted by Gasteiger charge is -2.02. The lowest BCUT2D eigenvalue weighted by Crippen LogP contribution is -1.99. The third-order valence-corrected chi connectivity index (χ3v) is 4.76. The van der Waals surface area contributed by atoms with Crippen molar-refractivity contribution >= 4 is 5.97 Å². The SMILES string of the molecule is CCCCCCCCCCCCCCC/C=C/OC(=O)c1ccccc1. The minimum atomic E-state index is -0.285. The number of allylic oxidation sites excluding steroid dienone is 1. The Hall–Kier alpha value is -1.57. The molecule has 0 aliphatic rings. The van der Waals surface area contributed by atoms with Crippen LogP contribution in [-0.4, -0.2) is 5.97 Å². The number of carbonyl (C=O) groups is 1. The molecule has 146 valence electrons. The van der Waals surface area contributed by atoms with Gasteiger partial charge in [-0.05, 0) is 31.1 Å². The van der Waals surface area contributed by atoms with E-state index >= 15 is 0 Å². The van der Waals surface area contributed by atoms with Gasteiger partial charge in [-0.3, -0.25) is 0 Å². The number of ether oxygens (including phenoxy) is 1. The van der Waals surface area contributed by atoms with Gasteiger partial charge in [0.2, 0.25) is 0 Å². The third-order valence-electron chi connectivity index (χ3n) is 4.76. The average molecular weight is 359 g/mol. The summed E-state index contributed by atoms with van der Waals surface area (Å²) in [6, 6.07) is 9.11. The highest BCUT2D eigenvalue weighted by Gasteiger charge is 2.02. The largest absolute Gasteiger partial charge is 0.431 e. The summed E-state index contributed by atoms with van der Waals surface area (Å²) in [6.07, 6.45) is 22.3. The number of hydrogen-bond donors (Lipinski definition) is 0. The minimum absolute atomic E-state index is 0.285. The topological polar surface area (TPSA) is 26.3 Å². The molecule has 2 nitrogen and oxygen atoms in total. The molecular weight excluding hydrogens is 320 g/mol. The quantitative estimate of drug-likeness (QED) is 0.171. The van der Waals surface area contributed by atoms with Crippen LogP contribution in [0.5, 0.6) is 0 Å². The van der Waals surface area contributed by atoms with E-state index in [-0.39, 0.29) is 5.97 Å². The van der Waals surface area contributed by atoms with Gasteiger partial charge in [-0.1, -0.05) is 102 Å². The van der Waals surface area contributed by atoms with E-state index in [0.717, 1.165) is 6.42 Å². The van der Waals surface area contributed by atoms with E-state index in [1.807, 2.05) is 24.3 Å². The molecule has 0 aliphatic heterocycles. The normalized spacial score (nSPS) is 11.1. The Balaban J connectivity index is 1.82. The Kier molecular flexibility index (Phi) is 14.6. The average Bonchev–Trinajstić information content (AvgIpc) is 2.68.